The molecular weight excluding hydrogens is 383 g/mol. The zero-order chi connectivity index (χ0) is 10.7. The van der Waals surface area contributed by atoms with Gasteiger partial charge in [-0.15, -0.1) is 0 Å². The molecule has 0 atom stereocenters. The zero-order valence-electron chi connectivity index (χ0n) is 5.82. The van der Waals surface area contributed by atoms with Gasteiger partial charge in [-0.05, 0) is 0 Å². The van der Waals surface area contributed by atoms with E-state index in [2.05, 4.69) is 0 Å². The normalized spacial score (nSPS) is 7.71. The predicted octanol–water partition coefficient (Wildman–Crippen LogP) is -11.1. The van der Waals surface area contributed by atoms with Gasteiger partial charge in [0, 0.05) is 0 Å². The average Bonchev–Trinajstić information content (AvgIpc) is 1.54. The molecule has 0 unspecified atom stereocenters. The number of halogens is 3. The fourth-order valence-corrected chi connectivity index (χ4v) is 0. The second kappa shape index (κ2) is 24.3. The average molecular weight is 383 g/mol. The molecule has 0 aromatic rings. The third kappa shape index (κ3) is 584. The van der Waals surface area contributed by atoms with Gasteiger partial charge < -0.3 is 41.9 Å². The van der Waals surface area contributed by atoms with Crippen LogP contribution in [0.5, 0.6) is 0 Å². The molecule has 0 radical (unpaired) electrons. The van der Waals surface area contributed by atoms with Crippen molar-refractivity contribution in [2.24, 2.45) is 0 Å². The topological polar surface area (TPSA) is 208 Å². The molecule has 0 saturated carbocycles. The second-order valence-electron chi connectivity index (χ2n) is 0.567. The second-order valence-corrected chi connectivity index (χ2v) is 1.70. The van der Waals surface area contributed by atoms with Crippen molar-refractivity contribution in [3.8, 4) is 0 Å². The Bertz CT molecular complexity index is 48.5. The third-order valence-electron chi connectivity index (χ3n) is 0. The number of rotatable bonds is 0. The van der Waals surface area contributed by atoms with Gasteiger partial charge in [-0.25, -0.2) is 0 Å². The van der Waals surface area contributed by atoms with Gasteiger partial charge in [0.2, 0.25) is 0 Å². The van der Waals surface area contributed by atoms with Gasteiger partial charge in [-0.2, -0.15) is 0 Å². The third-order valence-corrected chi connectivity index (χ3v) is 0. The van der Waals surface area contributed by atoms with Crippen LogP contribution >= 0.6 is 0 Å². The van der Waals surface area contributed by atoms with Gasteiger partial charge in [-0.3, -0.25) is 0 Å². The number of hydrogen-bond donors (Lipinski definition) is 0. The molecular formula is AgCl3MgO9. The van der Waals surface area contributed by atoms with Crippen LogP contribution < -0.4 is 41.9 Å². The molecule has 0 aliphatic rings. The Balaban J connectivity index is -0.0000000270. The summed E-state index contributed by atoms with van der Waals surface area (Å²) in [7, 11) is -8.56. The summed E-state index contributed by atoms with van der Waals surface area (Å²) >= 11 is 0. The Labute approximate surface area is 119 Å². The van der Waals surface area contributed by atoms with Crippen LogP contribution in [-0.2, 0) is 22.4 Å². The van der Waals surface area contributed by atoms with Crippen LogP contribution in [0.3, 0.4) is 0 Å². The molecule has 14 heavy (non-hydrogen) atoms. The van der Waals surface area contributed by atoms with E-state index in [1.54, 1.807) is 0 Å². The molecule has 0 rings (SSSR count). The van der Waals surface area contributed by atoms with Crippen molar-refractivity contribution in [1.29, 1.82) is 0 Å². The van der Waals surface area contributed by atoms with Crippen molar-refractivity contribution in [2.45, 2.75) is 0 Å². The molecule has 0 heterocycles. The van der Waals surface area contributed by atoms with E-state index in [9.17, 15) is 0 Å². The molecule has 88 valence electrons. The summed E-state index contributed by atoms with van der Waals surface area (Å²) in [5, 5.41) is 0. The van der Waals surface area contributed by atoms with Gasteiger partial charge in [0.25, 0.3) is 0 Å². The first-order chi connectivity index (χ1) is 5.20. The summed E-state index contributed by atoms with van der Waals surface area (Å²) in [5.74, 6) is 0. The standard InChI is InChI=1S/Ag.3ClO3.Mg/c;3*2-1(3)4;/q+1;3*-1;+2. The van der Waals surface area contributed by atoms with Crippen molar-refractivity contribution in [2.75, 3.05) is 0 Å². The smallest absolute Gasteiger partial charge is 0.357 e. The van der Waals surface area contributed by atoms with Crippen molar-refractivity contribution in [1.82, 2.24) is 0 Å². The largest absolute Gasteiger partial charge is 2.00 e. The molecule has 0 spiro atoms. The first kappa shape index (κ1) is 29.8. The Hall–Kier alpha value is 2.02. The van der Waals surface area contributed by atoms with E-state index in [0.29, 0.717) is 0 Å². The Kier molecular flexibility index (Phi) is 51.7. The molecule has 0 fully saturated rings. The summed E-state index contributed by atoms with van der Waals surface area (Å²) in [5.41, 5.74) is 0. The molecule has 14 heteroatoms. The maximum absolute atomic E-state index is 8.41. The monoisotopic (exact) mass is 380 g/mol. The van der Waals surface area contributed by atoms with E-state index in [4.69, 9.17) is 41.9 Å². The summed E-state index contributed by atoms with van der Waals surface area (Å²) < 4.78 is 75.7. The number of hydrogen-bond acceptors (Lipinski definition) is 9. The van der Waals surface area contributed by atoms with Gasteiger partial charge >= 0.3 is 45.4 Å². The van der Waals surface area contributed by atoms with E-state index >= 15 is 0 Å². The van der Waals surface area contributed by atoms with Gasteiger partial charge in [0.05, 0.1) is 32.4 Å². The Morgan fingerprint density at radius 1 is 0.429 bits per heavy atom. The molecule has 0 aliphatic carbocycles. The van der Waals surface area contributed by atoms with Crippen LogP contribution in [0.25, 0.3) is 0 Å². The first-order valence-electron chi connectivity index (χ1n) is 1.39. The van der Waals surface area contributed by atoms with E-state index < -0.39 is 32.4 Å². The summed E-state index contributed by atoms with van der Waals surface area (Å²) in [6.07, 6.45) is 0. The molecule has 0 saturated heterocycles. The minimum Gasteiger partial charge on any atom is -0.357 e. The Morgan fingerprint density at radius 2 is 0.429 bits per heavy atom. The van der Waals surface area contributed by atoms with Crippen molar-refractivity contribution in [3.63, 3.8) is 0 Å². The van der Waals surface area contributed by atoms with Crippen LogP contribution in [0.4, 0.5) is 0 Å². The van der Waals surface area contributed by atoms with Gasteiger partial charge in [0.1, 0.15) is 0 Å². The van der Waals surface area contributed by atoms with Crippen molar-refractivity contribution in [3.05, 3.63) is 0 Å². The fourth-order valence-electron chi connectivity index (χ4n) is 0. The maximum atomic E-state index is 8.41. The molecule has 0 aromatic carbocycles. The van der Waals surface area contributed by atoms with Crippen molar-refractivity contribution < 1.29 is 96.7 Å². The van der Waals surface area contributed by atoms with Crippen LogP contribution in [-0.4, -0.2) is 23.1 Å². The maximum Gasteiger partial charge on any atom is 2.00 e. The van der Waals surface area contributed by atoms with E-state index in [0.717, 1.165) is 0 Å². The minimum absolute atomic E-state index is 0. The molecule has 0 amide bonds. The van der Waals surface area contributed by atoms with Gasteiger partial charge in [0.15, 0.2) is 0 Å². The Morgan fingerprint density at radius 3 is 0.429 bits per heavy atom. The van der Waals surface area contributed by atoms with Crippen LogP contribution in [0.15, 0.2) is 0 Å². The first-order valence-corrected chi connectivity index (χ1v) is 4.17. The minimum atomic E-state index is -2.85. The predicted molar refractivity (Wildman–Crippen MR) is 5.75 cm³/mol. The van der Waals surface area contributed by atoms with Crippen molar-refractivity contribution >= 4 is 23.1 Å². The summed E-state index contributed by atoms with van der Waals surface area (Å²) in [6, 6.07) is 0. The molecule has 0 aromatic heterocycles. The van der Waals surface area contributed by atoms with E-state index in [1.165, 1.54) is 0 Å². The molecule has 0 aliphatic heterocycles. The van der Waals surface area contributed by atoms with Crippen LogP contribution in [0.1, 0.15) is 0 Å². The SMILES string of the molecule is [Ag+].[Mg+2].[O-][Cl+2]([O-])[O-].[O-][Cl+2]([O-])[O-].[O-][Cl+2]([O-])[O-]. The van der Waals surface area contributed by atoms with E-state index in [1.807, 2.05) is 0 Å². The molecule has 0 N–H and O–H groups in total. The summed E-state index contributed by atoms with van der Waals surface area (Å²) in [6.45, 7) is 0. The van der Waals surface area contributed by atoms with Gasteiger partial charge in [-0.1, -0.05) is 0 Å². The quantitative estimate of drug-likeness (QED) is 0.363. The zero-order valence-corrected chi connectivity index (χ0v) is 11.0. The van der Waals surface area contributed by atoms with Crippen LogP contribution in [0, 0.1) is 32.4 Å². The van der Waals surface area contributed by atoms with Crippen LogP contribution in [0.2, 0.25) is 0 Å². The molecule has 9 nitrogen and oxygen atoms in total. The summed E-state index contributed by atoms with van der Waals surface area (Å²) in [4.78, 5) is 0. The molecule has 0 bridgehead atoms. The van der Waals surface area contributed by atoms with E-state index in [-0.39, 0.29) is 45.4 Å². The fraction of sp³-hybridized carbons (Fsp3) is 0.